The van der Waals surface area contributed by atoms with Gasteiger partial charge in [-0.2, -0.15) is 0 Å². The van der Waals surface area contributed by atoms with Crippen molar-refractivity contribution in [1.82, 2.24) is 0 Å². The summed E-state index contributed by atoms with van der Waals surface area (Å²) in [5, 5.41) is 60.0. The van der Waals surface area contributed by atoms with Crippen molar-refractivity contribution in [2.45, 2.75) is 68.2 Å². The Morgan fingerprint density at radius 2 is 1.85 bits per heavy atom. The van der Waals surface area contributed by atoms with E-state index in [-0.39, 0.29) is 12.3 Å². The summed E-state index contributed by atoms with van der Waals surface area (Å²) in [6, 6.07) is 0. The van der Waals surface area contributed by atoms with Crippen LogP contribution in [-0.2, 0) is 18.8 Å². The molecule has 3 fully saturated rings. The largest absolute Gasteiger partial charge is 0.456 e. The van der Waals surface area contributed by atoms with Crippen LogP contribution in [0, 0.1) is 5.92 Å². The van der Waals surface area contributed by atoms with Gasteiger partial charge in [0.15, 0.2) is 0 Å². The molecule has 3 rings (SSSR count). The maximum absolute atomic E-state index is 10.5. The van der Waals surface area contributed by atoms with E-state index in [2.05, 4.69) is 0 Å². The van der Waals surface area contributed by atoms with Crippen molar-refractivity contribution in [3.63, 3.8) is 0 Å². The third-order valence-corrected chi connectivity index (χ3v) is 5.46. The van der Waals surface area contributed by atoms with Crippen molar-refractivity contribution in [2.24, 2.45) is 5.92 Å². The lowest BCUT2D eigenvalue weighted by atomic mass is 9.75. The monoisotopic (exact) mass is 378 g/mol. The van der Waals surface area contributed by atoms with Crippen molar-refractivity contribution in [2.75, 3.05) is 19.8 Å². The zero-order chi connectivity index (χ0) is 19.1. The number of fused-ring (bicyclic) bond motifs is 1. The molecule has 0 aromatic heterocycles. The molecule has 0 bridgehead atoms. The van der Waals surface area contributed by atoms with Crippen LogP contribution in [0.5, 0.6) is 0 Å². The highest BCUT2D eigenvalue weighted by Gasteiger charge is 2.58. The molecular weight excluding hydrogens is 351 g/mol. The third-order valence-electron chi connectivity index (χ3n) is 5.46. The summed E-state index contributed by atoms with van der Waals surface area (Å²) in [7, 11) is -0.445. The van der Waals surface area contributed by atoms with Gasteiger partial charge in [0.1, 0.15) is 37.1 Å². The van der Waals surface area contributed by atoms with Crippen molar-refractivity contribution < 1.29 is 49.4 Å². The molecule has 0 amide bonds. The van der Waals surface area contributed by atoms with Crippen LogP contribution in [0.1, 0.15) is 13.3 Å². The average molecular weight is 378 g/mol. The van der Waals surface area contributed by atoms with E-state index in [9.17, 15) is 30.6 Å². The van der Waals surface area contributed by atoms with Gasteiger partial charge in [0.05, 0.1) is 18.8 Å². The lowest BCUT2D eigenvalue weighted by Gasteiger charge is -2.47. The Morgan fingerprint density at radius 3 is 2.42 bits per heavy atom. The molecule has 150 valence electrons. The maximum atomic E-state index is 10.5. The van der Waals surface area contributed by atoms with Crippen LogP contribution in [0.2, 0.25) is 6.32 Å². The molecule has 10 nitrogen and oxygen atoms in total. The van der Waals surface area contributed by atoms with E-state index in [1.807, 2.05) is 6.92 Å². The van der Waals surface area contributed by atoms with Gasteiger partial charge in [-0.15, -0.1) is 0 Å². The molecule has 1 saturated carbocycles. The highest BCUT2D eigenvalue weighted by molar-refractivity contribution is 6.44. The van der Waals surface area contributed by atoms with Crippen molar-refractivity contribution in [1.29, 1.82) is 0 Å². The number of aliphatic hydroxyl groups excluding tert-OH is 6. The zero-order valence-corrected chi connectivity index (χ0v) is 14.5. The summed E-state index contributed by atoms with van der Waals surface area (Å²) in [4.78, 5) is 0. The summed E-state index contributed by atoms with van der Waals surface area (Å²) in [5.74, 6) is -2.26. The van der Waals surface area contributed by atoms with Crippen LogP contribution in [0.3, 0.4) is 0 Å². The predicted molar refractivity (Wildman–Crippen MR) is 85.8 cm³/mol. The Balaban J connectivity index is 1.73. The van der Waals surface area contributed by atoms with Gasteiger partial charge in [-0.3, -0.25) is 0 Å². The molecule has 6 N–H and O–H groups in total. The molecule has 1 aliphatic carbocycles. The number of ether oxygens (including phenoxy) is 2. The lowest BCUT2D eigenvalue weighted by molar-refractivity contribution is -0.320. The molecule has 0 unspecified atom stereocenters. The Bertz CT molecular complexity index is 481. The number of hydrogen-bond acceptors (Lipinski definition) is 10. The third kappa shape index (κ3) is 3.41. The second kappa shape index (κ2) is 7.96. The highest BCUT2D eigenvalue weighted by atomic mass is 16.7. The van der Waals surface area contributed by atoms with E-state index in [4.69, 9.17) is 18.8 Å². The van der Waals surface area contributed by atoms with Crippen LogP contribution in [0.4, 0.5) is 0 Å². The van der Waals surface area contributed by atoms with Crippen molar-refractivity contribution in [3.05, 3.63) is 0 Å². The van der Waals surface area contributed by atoms with Gasteiger partial charge in [0.25, 0.3) is 0 Å². The minimum Gasteiger partial charge on any atom is -0.411 e. The first-order chi connectivity index (χ1) is 12.4. The number of rotatable bonds is 5. The van der Waals surface area contributed by atoms with Gasteiger partial charge in [-0.1, -0.05) is 6.92 Å². The zero-order valence-electron chi connectivity index (χ0n) is 14.5. The molecule has 2 aliphatic heterocycles. The molecule has 0 radical (unpaired) electrons. The van der Waals surface area contributed by atoms with Crippen LogP contribution in [-0.4, -0.2) is 106 Å². The highest BCUT2D eigenvalue weighted by Crippen LogP contribution is 2.39. The minimum absolute atomic E-state index is 0.233. The fourth-order valence-corrected chi connectivity index (χ4v) is 3.92. The van der Waals surface area contributed by atoms with E-state index >= 15 is 0 Å². The Morgan fingerprint density at radius 1 is 1.12 bits per heavy atom. The molecule has 0 aromatic rings. The van der Waals surface area contributed by atoms with Gasteiger partial charge in [-0.25, -0.2) is 0 Å². The lowest BCUT2D eigenvalue weighted by Crippen LogP contribution is -2.62. The maximum Gasteiger partial charge on any atom is 0.456 e. The fraction of sp³-hybridized carbons (Fsp3) is 1.00. The van der Waals surface area contributed by atoms with Crippen LogP contribution >= 0.6 is 0 Å². The Kier molecular flexibility index (Phi) is 6.24. The summed E-state index contributed by atoms with van der Waals surface area (Å²) >= 11 is 0. The predicted octanol–water partition coefficient (Wildman–Crippen LogP) is -3.16. The summed E-state index contributed by atoms with van der Waals surface area (Å²) in [6.45, 7) is 0.809. The van der Waals surface area contributed by atoms with Gasteiger partial charge in [0, 0.05) is 12.5 Å². The van der Waals surface area contributed by atoms with E-state index in [1.165, 1.54) is 0 Å². The van der Waals surface area contributed by atoms with E-state index < -0.39 is 68.8 Å². The molecule has 0 aromatic carbocycles. The van der Waals surface area contributed by atoms with Crippen LogP contribution < -0.4 is 0 Å². The molecule has 9 atom stereocenters. The second-order valence-corrected chi connectivity index (χ2v) is 7.15. The first kappa shape index (κ1) is 20.4. The van der Waals surface area contributed by atoms with E-state index in [1.54, 1.807) is 0 Å². The summed E-state index contributed by atoms with van der Waals surface area (Å²) in [6.07, 6.45) is -7.59. The molecule has 2 saturated heterocycles. The number of aliphatic hydroxyl groups is 6. The topological polar surface area (TPSA) is 158 Å². The molecule has 26 heavy (non-hydrogen) atoms. The van der Waals surface area contributed by atoms with Gasteiger partial charge >= 0.3 is 7.12 Å². The van der Waals surface area contributed by atoms with Crippen LogP contribution in [0.15, 0.2) is 0 Å². The Hall–Kier alpha value is -0.335. The van der Waals surface area contributed by atoms with Crippen LogP contribution in [0.25, 0.3) is 0 Å². The first-order valence-corrected chi connectivity index (χ1v) is 8.93. The molecule has 3 aliphatic rings. The smallest absolute Gasteiger partial charge is 0.411 e. The fourth-order valence-electron chi connectivity index (χ4n) is 3.92. The number of hydrogen-bond donors (Lipinski definition) is 6. The van der Waals surface area contributed by atoms with Gasteiger partial charge in [0.2, 0.25) is 5.79 Å². The van der Waals surface area contributed by atoms with Crippen molar-refractivity contribution >= 4 is 7.12 Å². The SMILES string of the molecule is CCB1OC[C@@H]2C[C@H](O[C@]3(CO)O[C@H](CO)[C@@H](O)[C@@H]3O)[C@H](O)[C@@H](O)[C@@H]2O1. The minimum atomic E-state index is -2.01. The first-order valence-electron chi connectivity index (χ1n) is 8.93. The summed E-state index contributed by atoms with van der Waals surface area (Å²) < 4.78 is 22.2. The van der Waals surface area contributed by atoms with Gasteiger partial charge < -0.3 is 49.4 Å². The van der Waals surface area contributed by atoms with E-state index in [0.717, 1.165) is 0 Å². The average Bonchev–Trinajstić information content (AvgIpc) is 2.90. The molecule has 2 heterocycles. The quantitative estimate of drug-likeness (QED) is 0.270. The summed E-state index contributed by atoms with van der Waals surface area (Å²) in [5.41, 5.74) is 0. The Labute approximate surface area is 151 Å². The van der Waals surface area contributed by atoms with Crippen molar-refractivity contribution in [3.8, 4) is 0 Å². The molecule has 0 spiro atoms. The second-order valence-electron chi connectivity index (χ2n) is 7.15. The van der Waals surface area contributed by atoms with E-state index in [0.29, 0.717) is 12.9 Å². The standard InChI is InChI=1S/C15H27BO10/c1-2-16-23-5-7-3-8(10(19)12(21)13(7)26-16)24-15(6-18)14(22)11(20)9(4-17)25-15/h7-14,17-22H,2-6H2,1H3/t7-,8-,9+,10-,11+,12+,13+,14-,15+/m0/s1. The normalized spacial score (nSPS) is 49.3. The molecular formula is C15H27BO10. The van der Waals surface area contributed by atoms with Gasteiger partial charge in [-0.05, 0) is 12.7 Å². The molecule has 11 heteroatoms.